The third-order valence-corrected chi connectivity index (χ3v) is 6.27. The number of nitrogens with one attached hydrogen (secondary N) is 1. The Bertz CT molecular complexity index is 1350. The number of anilines is 1. The van der Waals surface area contributed by atoms with E-state index in [-0.39, 0.29) is 6.41 Å². The summed E-state index contributed by atoms with van der Waals surface area (Å²) in [5, 5.41) is 14.6. The number of ether oxygens (including phenoxy) is 1. The second kappa shape index (κ2) is 11.4. The monoisotopic (exact) mass is 481 g/mol. The average molecular weight is 482 g/mol. The number of carbonyl (C=O) groups excluding carboxylic acids is 1. The number of nitrogens with zero attached hydrogens (tertiary/aromatic N) is 3. The summed E-state index contributed by atoms with van der Waals surface area (Å²) in [4.78, 5) is 12.7. The predicted octanol–water partition coefficient (Wildman–Crippen LogP) is 5.80. The van der Waals surface area contributed by atoms with Crippen LogP contribution in [0.2, 0.25) is 0 Å². The van der Waals surface area contributed by atoms with E-state index in [0.717, 1.165) is 57.6 Å². The van der Waals surface area contributed by atoms with Crippen LogP contribution in [0, 0.1) is 11.3 Å². The Labute approximate surface area is 211 Å². The Kier molecular flexibility index (Phi) is 7.86. The van der Waals surface area contributed by atoms with Crippen LogP contribution in [-0.2, 0) is 11.4 Å². The summed E-state index contributed by atoms with van der Waals surface area (Å²) in [7, 11) is 0. The van der Waals surface area contributed by atoms with E-state index in [9.17, 15) is 5.26 Å². The number of nitriles is 1. The van der Waals surface area contributed by atoms with Gasteiger partial charge < -0.3 is 20.4 Å². The number of rotatable bonds is 7. The summed E-state index contributed by atoms with van der Waals surface area (Å²) < 4.78 is 8.46. The minimum atomic E-state index is 0.250. The van der Waals surface area contributed by atoms with Gasteiger partial charge in [0.25, 0.3) is 0 Å². The summed E-state index contributed by atoms with van der Waals surface area (Å²) in [6.07, 6.45) is 7.32. The molecule has 2 aromatic heterocycles. The van der Waals surface area contributed by atoms with Crippen molar-refractivity contribution in [1.29, 1.82) is 5.26 Å². The summed E-state index contributed by atoms with van der Waals surface area (Å²) in [5.41, 5.74) is 10.2. The van der Waals surface area contributed by atoms with Crippen LogP contribution in [0.15, 0.2) is 67.0 Å². The number of carbonyl (C=O) groups is 1. The fraction of sp³-hybridized carbons (Fsp3) is 0.276. The van der Waals surface area contributed by atoms with Gasteiger partial charge in [0, 0.05) is 47.2 Å². The van der Waals surface area contributed by atoms with Gasteiger partial charge in [-0.2, -0.15) is 5.26 Å². The van der Waals surface area contributed by atoms with E-state index < -0.39 is 0 Å². The molecule has 3 N–H and O–H groups in total. The third kappa shape index (κ3) is 5.33. The number of aromatic nitrogens is 2. The minimum absolute atomic E-state index is 0.250. The number of hydrogen-bond acceptors (Lipinski definition) is 5. The van der Waals surface area contributed by atoms with Crippen molar-refractivity contribution in [2.45, 2.75) is 51.8 Å². The van der Waals surface area contributed by atoms with Gasteiger partial charge in [-0.3, -0.25) is 9.78 Å². The van der Waals surface area contributed by atoms with E-state index in [1.54, 1.807) is 6.20 Å². The van der Waals surface area contributed by atoms with Gasteiger partial charge in [-0.15, -0.1) is 0 Å². The molecule has 36 heavy (non-hydrogen) atoms. The molecular formula is C29H31N5O2. The first-order valence-corrected chi connectivity index (χ1v) is 12.2. The molecule has 1 aliphatic rings. The van der Waals surface area contributed by atoms with E-state index in [1.807, 2.05) is 30.5 Å². The van der Waals surface area contributed by atoms with Crippen LogP contribution in [0.1, 0.15) is 50.3 Å². The largest absolute Gasteiger partial charge is 0.489 e. The smallest absolute Gasteiger partial charge is 0.204 e. The molecule has 184 valence electrons. The van der Waals surface area contributed by atoms with Crippen molar-refractivity contribution in [1.82, 2.24) is 9.55 Å². The van der Waals surface area contributed by atoms with Crippen molar-refractivity contribution >= 4 is 23.0 Å². The molecule has 4 aromatic rings. The molecule has 0 spiro atoms. The Morgan fingerprint density at radius 1 is 1.22 bits per heavy atom. The number of fused-ring (bicyclic) bond motifs is 1. The number of nitrogens with two attached hydrogens (primary N) is 1. The molecule has 2 heterocycles. The lowest BCUT2D eigenvalue weighted by Gasteiger charge is -2.30. The van der Waals surface area contributed by atoms with Gasteiger partial charge >= 0.3 is 0 Å². The van der Waals surface area contributed by atoms with Crippen molar-refractivity contribution in [3.63, 3.8) is 0 Å². The fourth-order valence-electron chi connectivity index (χ4n) is 4.51. The molecule has 7 nitrogen and oxygen atoms in total. The number of pyridine rings is 1. The van der Waals surface area contributed by atoms with Gasteiger partial charge in [0.1, 0.15) is 18.4 Å². The number of benzene rings is 2. The second-order valence-electron chi connectivity index (χ2n) is 9.13. The molecule has 5 rings (SSSR count). The highest BCUT2D eigenvalue weighted by Gasteiger charge is 2.28. The van der Waals surface area contributed by atoms with Gasteiger partial charge in [-0.05, 0) is 69.0 Å². The predicted molar refractivity (Wildman–Crippen MR) is 143 cm³/mol. The van der Waals surface area contributed by atoms with Crippen LogP contribution in [0.3, 0.4) is 0 Å². The van der Waals surface area contributed by atoms with E-state index in [4.69, 9.17) is 9.53 Å². The van der Waals surface area contributed by atoms with Gasteiger partial charge in [-0.25, -0.2) is 0 Å². The first-order chi connectivity index (χ1) is 17.5. The van der Waals surface area contributed by atoms with E-state index in [1.165, 1.54) is 6.42 Å². The lowest BCUT2D eigenvalue weighted by atomic mass is 9.92. The van der Waals surface area contributed by atoms with Gasteiger partial charge in [-0.1, -0.05) is 18.2 Å². The maximum absolute atomic E-state index is 10.1. The van der Waals surface area contributed by atoms with E-state index in [2.05, 4.69) is 70.9 Å². The Hall–Kier alpha value is -4.31. The molecule has 1 saturated carbocycles. The summed E-state index contributed by atoms with van der Waals surface area (Å²) in [5.74, 6) is 0.803. The van der Waals surface area contributed by atoms with Crippen LogP contribution < -0.4 is 15.8 Å². The zero-order valence-electron chi connectivity index (χ0n) is 20.6. The highest BCUT2D eigenvalue weighted by molar-refractivity contribution is 5.95. The lowest BCUT2D eigenvalue weighted by molar-refractivity contribution is -0.106. The Morgan fingerprint density at radius 3 is 2.56 bits per heavy atom. The molecule has 1 amide bonds. The van der Waals surface area contributed by atoms with Gasteiger partial charge in [0.05, 0.1) is 16.8 Å². The van der Waals surface area contributed by atoms with Crippen molar-refractivity contribution in [2.24, 2.45) is 5.73 Å². The van der Waals surface area contributed by atoms with Crippen LogP contribution in [0.25, 0.3) is 22.2 Å². The SMILES string of the molecule is CC(C)Nc1ccc(-c2c(C#N)c3ccc(OCc4cccnc4)cc3n2C2CCC2)cc1.NC=O. The minimum Gasteiger partial charge on any atom is -0.489 e. The summed E-state index contributed by atoms with van der Waals surface area (Å²) in [6.45, 7) is 4.72. The Balaban J connectivity index is 0.000000967. The molecule has 2 aromatic carbocycles. The number of hydrogen-bond donors (Lipinski definition) is 2. The topological polar surface area (TPSA) is 106 Å². The number of amides is 1. The fourth-order valence-corrected chi connectivity index (χ4v) is 4.51. The molecule has 0 radical (unpaired) electrons. The molecule has 0 aliphatic heterocycles. The van der Waals surface area contributed by atoms with Crippen molar-refractivity contribution < 1.29 is 9.53 Å². The van der Waals surface area contributed by atoms with Crippen LogP contribution in [0.4, 0.5) is 5.69 Å². The van der Waals surface area contributed by atoms with E-state index >= 15 is 0 Å². The summed E-state index contributed by atoms with van der Waals surface area (Å²) in [6, 6.07) is 21.7. The second-order valence-corrected chi connectivity index (χ2v) is 9.13. The molecule has 7 heteroatoms. The molecule has 0 unspecified atom stereocenters. The van der Waals surface area contributed by atoms with Crippen LogP contribution >= 0.6 is 0 Å². The third-order valence-electron chi connectivity index (χ3n) is 6.27. The maximum Gasteiger partial charge on any atom is 0.204 e. The van der Waals surface area contributed by atoms with Gasteiger partial charge in [0.15, 0.2) is 0 Å². The summed E-state index contributed by atoms with van der Waals surface area (Å²) >= 11 is 0. The molecule has 0 saturated heterocycles. The Morgan fingerprint density at radius 2 is 1.97 bits per heavy atom. The normalized spacial score (nSPS) is 12.8. The van der Waals surface area contributed by atoms with Crippen molar-refractivity contribution in [2.75, 3.05) is 5.32 Å². The first kappa shape index (κ1) is 24.8. The zero-order valence-corrected chi connectivity index (χ0v) is 20.6. The maximum atomic E-state index is 10.1. The first-order valence-electron chi connectivity index (χ1n) is 12.2. The lowest BCUT2D eigenvalue weighted by Crippen LogP contribution is -2.18. The number of primary amides is 1. The van der Waals surface area contributed by atoms with Gasteiger partial charge in [0.2, 0.25) is 6.41 Å². The highest BCUT2D eigenvalue weighted by Crippen LogP contribution is 2.43. The van der Waals surface area contributed by atoms with Crippen molar-refractivity contribution in [3.05, 3.63) is 78.1 Å². The average Bonchev–Trinajstić information content (AvgIpc) is 3.16. The van der Waals surface area contributed by atoms with Crippen LogP contribution in [-0.4, -0.2) is 22.0 Å². The molecule has 0 atom stereocenters. The van der Waals surface area contributed by atoms with E-state index in [0.29, 0.717) is 18.7 Å². The van der Waals surface area contributed by atoms with Crippen molar-refractivity contribution in [3.8, 4) is 23.1 Å². The molecule has 1 aliphatic carbocycles. The quantitative estimate of drug-likeness (QED) is 0.325. The standard InChI is InChI=1S/C28H28N4O.CH3NO/c1-19(2)31-22-10-8-21(9-11-22)28-26(16-29)25-13-12-24(33-18-20-5-4-14-30-17-20)15-27(25)32(28)23-6-3-7-23;2-1-3/h4-5,8-15,17,19,23,31H,3,6-7,18H2,1-2H3;1H,(H2,2,3). The molecular weight excluding hydrogens is 450 g/mol. The molecule has 1 fully saturated rings. The highest BCUT2D eigenvalue weighted by atomic mass is 16.5. The molecule has 0 bridgehead atoms. The van der Waals surface area contributed by atoms with Crippen LogP contribution in [0.5, 0.6) is 5.75 Å². The zero-order chi connectivity index (χ0) is 25.5.